The zero-order chi connectivity index (χ0) is 16.3. The van der Waals surface area contributed by atoms with E-state index in [9.17, 15) is 9.18 Å². The Kier molecular flexibility index (Phi) is 4.43. The number of nitrogens with zero attached hydrogens (tertiary/aromatic N) is 2. The van der Waals surface area contributed by atoms with Crippen molar-refractivity contribution in [1.82, 2.24) is 15.1 Å². The molecule has 1 amide bonds. The van der Waals surface area contributed by atoms with Gasteiger partial charge in [0.1, 0.15) is 11.5 Å². The normalized spacial score (nSPS) is 17.0. The summed E-state index contributed by atoms with van der Waals surface area (Å²) >= 11 is 0. The van der Waals surface area contributed by atoms with Crippen molar-refractivity contribution in [3.05, 3.63) is 53.6 Å². The first-order valence-corrected chi connectivity index (χ1v) is 7.71. The lowest BCUT2D eigenvalue weighted by Gasteiger charge is -2.38. The molecule has 0 saturated carbocycles. The van der Waals surface area contributed by atoms with Crippen LogP contribution in [-0.2, 0) is 17.2 Å². The van der Waals surface area contributed by atoms with Crippen molar-refractivity contribution in [1.29, 1.82) is 0 Å². The molecule has 23 heavy (non-hydrogen) atoms. The minimum atomic E-state index is -0.255. The van der Waals surface area contributed by atoms with Crippen LogP contribution in [0.1, 0.15) is 28.9 Å². The number of halogens is 1. The van der Waals surface area contributed by atoms with Crippen molar-refractivity contribution < 1.29 is 13.9 Å². The second-order valence-corrected chi connectivity index (χ2v) is 5.92. The van der Waals surface area contributed by atoms with E-state index in [2.05, 4.69) is 10.4 Å². The van der Waals surface area contributed by atoms with Crippen LogP contribution in [0.15, 0.2) is 36.5 Å². The van der Waals surface area contributed by atoms with Gasteiger partial charge < -0.3 is 10.1 Å². The number of ether oxygens (including phenoxy) is 1. The predicted octanol–water partition coefficient (Wildman–Crippen LogP) is 2.04. The highest BCUT2D eigenvalue weighted by molar-refractivity contribution is 5.92. The molecule has 1 aliphatic heterocycles. The van der Waals surface area contributed by atoms with E-state index in [-0.39, 0.29) is 17.1 Å². The highest BCUT2D eigenvalue weighted by Crippen LogP contribution is 2.34. The van der Waals surface area contributed by atoms with E-state index >= 15 is 0 Å². The SMILES string of the molecule is Cn1nccc1C(=O)NCC1(c2ccc(F)cc2)CCOCC1. The van der Waals surface area contributed by atoms with Gasteiger partial charge in [0.15, 0.2) is 0 Å². The van der Waals surface area contributed by atoms with Crippen LogP contribution in [0.4, 0.5) is 4.39 Å². The van der Waals surface area contributed by atoms with Gasteiger partial charge in [0.2, 0.25) is 0 Å². The molecule has 3 rings (SSSR count). The Morgan fingerprint density at radius 1 is 1.30 bits per heavy atom. The number of aryl methyl sites for hydroxylation is 1. The van der Waals surface area contributed by atoms with Crippen LogP contribution in [0.5, 0.6) is 0 Å². The molecule has 0 unspecified atom stereocenters. The van der Waals surface area contributed by atoms with Gasteiger partial charge in [-0.2, -0.15) is 5.10 Å². The highest BCUT2D eigenvalue weighted by atomic mass is 19.1. The Hall–Kier alpha value is -2.21. The van der Waals surface area contributed by atoms with Gasteiger partial charge >= 0.3 is 0 Å². The van der Waals surface area contributed by atoms with E-state index in [1.807, 2.05) is 0 Å². The van der Waals surface area contributed by atoms with Crippen LogP contribution in [0.2, 0.25) is 0 Å². The summed E-state index contributed by atoms with van der Waals surface area (Å²) in [5.74, 6) is -0.409. The number of aromatic nitrogens is 2. The number of carbonyl (C=O) groups is 1. The Morgan fingerprint density at radius 2 is 2.00 bits per heavy atom. The first-order valence-electron chi connectivity index (χ1n) is 7.71. The summed E-state index contributed by atoms with van der Waals surface area (Å²) in [6.07, 6.45) is 3.19. The quantitative estimate of drug-likeness (QED) is 0.939. The van der Waals surface area contributed by atoms with Crippen LogP contribution < -0.4 is 5.32 Å². The molecule has 122 valence electrons. The molecular formula is C17H20FN3O2. The molecule has 1 aromatic heterocycles. The van der Waals surface area contributed by atoms with Crippen molar-refractivity contribution in [2.24, 2.45) is 7.05 Å². The smallest absolute Gasteiger partial charge is 0.269 e. The third-order valence-corrected chi connectivity index (χ3v) is 4.55. The Balaban J connectivity index is 1.78. The lowest BCUT2D eigenvalue weighted by atomic mass is 9.74. The van der Waals surface area contributed by atoms with Crippen molar-refractivity contribution in [3.63, 3.8) is 0 Å². The standard InChI is InChI=1S/C17H20FN3O2/c1-21-15(6-9-20-21)16(22)19-12-17(7-10-23-11-8-17)13-2-4-14(18)5-3-13/h2-6,9H,7-8,10-12H2,1H3,(H,19,22). The van der Waals surface area contributed by atoms with Gasteiger partial charge in [0, 0.05) is 38.4 Å². The van der Waals surface area contributed by atoms with E-state index in [4.69, 9.17) is 4.74 Å². The molecular weight excluding hydrogens is 297 g/mol. The molecule has 6 heteroatoms. The number of benzene rings is 1. The summed E-state index contributed by atoms with van der Waals surface area (Å²) in [6, 6.07) is 8.22. The Bertz CT molecular complexity index is 675. The summed E-state index contributed by atoms with van der Waals surface area (Å²) in [5.41, 5.74) is 1.33. The van der Waals surface area contributed by atoms with E-state index in [1.54, 1.807) is 36.1 Å². The zero-order valence-electron chi connectivity index (χ0n) is 13.1. The molecule has 2 aromatic rings. The van der Waals surface area contributed by atoms with Crippen molar-refractivity contribution in [3.8, 4) is 0 Å². The van der Waals surface area contributed by atoms with E-state index in [0.29, 0.717) is 25.5 Å². The van der Waals surface area contributed by atoms with Crippen molar-refractivity contribution >= 4 is 5.91 Å². The molecule has 1 saturated heterocycles. The molecule has 0 atom stereocenters. The molecule has 1 fully saturated rings. The Morgan fingerprint density at radius 3 is 2.61 bits per heavy atom. The largest absolute Gasteiger partial charge is 0.381 e. The minimum absolute atomic E-state index is 0.155. The van der Waals surface area contributed by atoms with Crippen LogP contribution in [-0.4, -0.2) is 35.4 Å². The summed E-state index contributed by atoms with van der Waals surface area (Å²) in [4.78, 5) is 12.3. The maximum atomic E-state index is 13.2. The summed E-state index contributed by atoms with van der Waals surface area (Å²) < 4.78 is 20.2. The fraction of sp³-hybridized carbons (Fsp3) is 0.412. The number of hydrogen-bond acceptors (Lipinski definition) is 3. The molecule has 1 aliphatic rings. The molecule has 2 heterocycles. The second-order valence-electron chi connectivity index (χ2n) is 5.92. The van der Waals surface area contributed by atoms with Gasteiger partial charge in [-0.15, -0.1) is 0 Å². The Labute approximate surface area is 134 Å². The first-order chi connectivity index (χ1) is 11.1. The monoisotopic (exact) mass is 317 g/mol. The minimum Gasteiger partial charge on any atom is -0.381 e. The molecule has 0 spiro atoms. The average molecular weight is 317 g/mol. The third kappa shape index (κ3) is 3.27. The maximum Gasteiger partial charge on any atom is 0.269 e. The lowest BCUT2D eigenvalue weighted by molar-refractivity contribution is 0.0486. The van der Waals surface area contributed by atoms with Gasteiger partial charge in [-0.1, -0.05) is 12.1 Å². The van der Waals surface area contributed by atoms with Crippen molar-refractivity contribution in [2.75, 3.05) is 19.8 Å². The lowest BCUT2D eigenvalue weighted by Crippen LogP contribution is -2.44. The van der Waals surface area contributed by atoms with Crippen molar-refractivity contribution in [2.45, 2.75) is 18.3 Å². The van der Waals surface area contributed by atoms with Gasteiger partial charge in [0.25, 0.3) is 5.91 Å². The molecule has 0 aliphatic carbocycles. The molecule has 1 N–H and O–H groups in total. The van der Waals surface area contributed by atoms with Gasteiger partial charge in [-0.05, 0) is 36.6 Å². The number of carbonyl (C=O) groups excluding carboxylic acids is 1. The summed E-state index contributed by atoms with van der Waals surface area (Å²) in [6.45, 7) is 1.77. The van der Waals surface area contributed by atoms with E-state index < -0.39 is 0 Å². The number of hydrogen-bond donors (Lipinski definition) is 1. The molecule has 1 aromatic carbocycles. The van der Waals surface area contributed by atoms with Crippen LogP contribution >= 0.6 is 0 Å². The van der Waals surface area contributed by atoms with E-state index in [1.165, 1.54) is 12.1 Å². The number of amides is 1. The fourth-order valence-electron chi connectivity index (χ4n) is 3.07. The fourth-order valence-corrected chi connectivity index (χ4v) is 3.07. The zero-order valence-corrected chi connectivity index (χ0v) is 13.1. The molecule has 0 radical (unpaired) electrons. The highest BCUT2D eigenvalue weighted by Gasteiger charge is 2.35. The summed E-state index contributed by atoms with van der Waals surface area (Å²) in [5, 5.41) is 7.01. The maximum absolute atomic E-state index is 13.2. The summed E-state index contributed by atoms with van der Waals surface area (Å²) in [7, 11) is 1.74. The second kappa shape index (κ2) is 6.50. The predicted molar refractivity (Wildman–Crippen MR) is 83.7 cm³/mol. The van der Waals surface area contributed by atoms with Gasteiger partial charge in [-0.3, -0.25) is 9.48 Å². The topological polar surface area (TPSA) is 56.2 Å². The molecule has 0 bridgehead atoms. The number of rotatable bonds is 4. The number of nitrogens with one attached hydrogen (secondary N) is 1. The van der Waals surface area contributed by atoms with Gasteiger partial charge in [0.05, 0.1) is 0 Å². The van der Waals surface area contributed by atoms with Crippen LogP contribution in [0.25, 0.3) is 0 Å². The van der Waals surface area contributed by atoms with E-state index in [0.717, 1.165) is 18.4 Å². The third-order valence-electron chi connectivity index (χ3n) is 4.55. The molecule has 5 nitrogen and oxygen atoms in total. The van der Waals surface area contributed by atoms with Crippen LogP contribution in [0.3, 0.4) is 0 Å². The average Bonchev–Trinajstić information content (AvgIpc) is 3.00. The first kappa shape index (κ1) is 15.7. The van der Waals surface area contributed by atoms with Gasteiger partial charge in [-0.25, -0.2) is 4.39 Å². The van der Waals surface area contributed by atoms with Crippen LogP contribution in [0, 0.1) is 5.82 Å².